The van der Waals surface area contributed by atoms with Crippen LogP contribution in [-0.2, 0) is 4.79 Å². The predicted molar refractivity (Wildman–Crippen MR) is 84.1 cm³/mol. The lowest BCUT2D eigenvalue weighted by Gasteiger charge is -2.38. The molecule has 4 nitrogen and oxygen atoms in total. The summed E-state index contributed by atoms with van der Waals surface area (Å²) in [5.41, 5.74) is -0.502. The van der Waals surface area contributed by atoms with Gasteiger partial charge in [0.1, 0.15) is 5.54 Å². The molecule has 120 valence electrons. The highest BCUT2D eigenvalue weighted by atomic mass is 16.2. The van der Waals surface area contributed by atoms with Gasteiger partial charge in [-0.15, -0.1) is 0 Å². The van der Waals surface area contributed by atoms with Crippen LogP contribution in [-0.4, -0.2) is 28.9 Å². The number of urea groups is 1. The van der Waals surface area contributed by atoms with Gasteiger partial charge >= 0.3 is 6.03 Å². The molecule has 21 heavy (non-hydrogen) atoms. The highest BCUT2D eigenvalue weighted by Crippen LogP contribution is 2.37. The second-order valence-electron chi connectivity index (χ2n) is 6.62. The first-order chi connectivity index (χ1) is 10.2. The van der Waals surface area contributed by atoms with Gasteiger partial charge in [0.15, 0.2) is 0 Å². The van der Waals surface area contributed by atoms with Gasteiger partial charge in [0.2, 0.25) is 0 Å². The maximum atomic E-state index is 12.2. The predicted octanol–water partition coefficient (Wildman–Crippen LogP) is 3.99. The normalized spacial score (nSPS) is 21.1. The first kappa shape index (κ1) is 16.3. The number of nitrogens with zero attached hydrogens (tertiary/aromatic N) is 1. The van der Waals surface area contributed by atoms with Crippen molar-refractivity contribution in [2.75, 3.05) is 6.54 Å². The van der Waals surface area contributed by atoms with Crippen molar-refractivity contribution in [3.8, 4) is 0 Å². The van der Waals surface area contributed by atoms with Gasteiger partial charge in [-0.25, -0.2) is 4.79 Å². The summed E-state index contributed by atoms with van der Waals surface area (Å²) in [6, 6.07) is -0.159. The average molecular weight is 294 g/mol. The number of rotatable bonds is 8. The standard InChI is InChI=1S/C17H30N2O2/c1-2-3-4-5-6-7-11-14-19-16(21)18-15(20)17(19)12-9-8-10-13-17/h2-14H2,1H3,(H,18,20,21). The van der Waals surface area contributed by atoms with Crippen molar-refractivity contribution in [2.24, 2.45) is 0 Å². The first-order valence-corrected chi connectivity index (χ1v) is 8.84. The van der Waals surface area contributed by atoms with E-state index in [2.05, 4.69) is 12.2 Å². The maximum absolute atomic E-state index is 12.2. The number of carbonyl (C=O) groups excluding carboxylic acids is 2. The van der Waals surface area contributed by atoms with E-state index in [-0.39, 0.29) is 11.9 Å². The van der Waals surface area contributed by atoms with Crippen LogP contribution in [0.2, 0.25) is 0 Å². The van der Waals surface area contributed by atoms with Crippen molar-refractivity contribution in [1.82, 2.24) is 10.2 Å². The molecule has 2 fully saturated rings. The van der Waals surface area contributed by atoms with Gasteiger partial charge in [0.25, 0.3) is 5.91 Å². The van der Waals surface area contributed by atoms with E-state index in [1.54, 1.807) is 0 Å². The van der Waals surface area contributed by atoms with Crippen molar-refractivity contribution in [2.45, 2.75) is 89.5 Å². The van der Waals surface area contributed by atoms with Crippen LogP contribution >= 0.6 is 0 Å². The van der Waals surface area contributed by atoms with Crippen LogP contribution in [0.1, 0.15) is 84.0 Å². The number of unbranched alkanes of at least 4 members (excludes halogenated alkanes) is 6. The Hall–Kier alpha value is -1.06. The number of carbonyl (C=O) groups is 2. The molecular formula is C17H30N2O2. The molecule has 3 amide bonds. The Balaban J connectivity index is 1.77. The van der Waals surface area contributed by atoms with Gasteiger partial charge in [0, 0.05) is 6.54 Å². The second kappa shape index (κ2) is 7.81. The fourth-order valence-corrected chi connectivity index (χ4v) is 3.77. The van der Waals surface area contributed by atoms with E-state index < -0.39 is 5.54 Å². The van der Waals surface area contributed by atoms with Gasteiger partial charge in [-0.1, -0.05) is 64.7 Å². The largest absolute Gasteiger partial charge is 0.325 e. The van der Waals surface area contributed by atoms with E-state index >= 15 is 0 Å². The maximum Gasteiger partial charge on any atom is 0.325 e. The Morgan fingerprint density at radius 3 is 2.24 bits per heavy atom. The van der Waals surface area contributed by atoms with Gasteiger partial charge in [0.05, 0.1) is 0 Å². The van der Waals surface area contributed by atoms with Crippen LogP contribution in [0, 0.1) is 0 Å². The molecule has 1 heterocycles. The van der Waals surface area contributed by atoms with Crippen LogP contribution in [0.15, 0.2) is 0 Å². The van der Waals surface area contributed by atoms with Crippen LogP contribution in [0.25, 0.3) is 0 Å². The SMILES string of the molecule is CCCCCCCCCN1C(=O)NC(=O)C12CCCCC2. The molecule has 1 aliphatic heterocycles. The molecule has 1 aliphatic carbocycles. The highest BCUT2D eigenvalue weighted by Gasteiger charge is 2.52. The average Bonchev–Trinajstić information content (AvgIpc) is 2.71. The van der Waals surface area contributed by atoms with Crippen molar-refractivity contribution in [1.29, 1.82) is 0 Å². The summed E-state index contributed by atoms with van der Waals surface area (Å²) in [4.78, 5) is 26.1. The van der Waals surface area contributed by atoms with Crippen molar-refractivity contribution >= 4 is 11.9 Å². The molecule has 0 aromatic carbocycles. The third kappa shape index (κ3) is 3.78. The van der Waals surface area contributed by atoms with Gasteiger partial charge in [-0.05, 0) is 19.3 Å². The second-order valence-corrected chi connectivity index (χ2v) is 6.62. The lowest BCUT2D eigenvalue weighted by atomic mass is 9.80. The third-order valence-electron chi connectivity index (χ3n) is 5.07. The zero-order valence-electron chi connectivity index (χ0n) is 13.5. The summed E-state index contributed by atoms with van der Waals surface area (Å²) in [6.07, 6.45) is 13.7. The summed E-state index contributed by atoms with van der Waals surface area (Å²) >= 11 is 0. The van der Waals surface area contributed by atoms with E-state index in [1.807, 2.05) is 4.90 Å². The quantitative estimate of drug-likeness (QED) is 0.543. The number of hydrogen-bond donors (Lipinski definition) is 1. The molecule has 0 aromatic heterocycles. The topological polar surface area (TPSA) is 49.4 Å². The van der Waals surface area contributed by atoms with E-state index in [0.717, 1.165) is 45.1 Å². The first-order valence-electron chi connectivity index (χ1n) is 8.84. The molecule has 0 atom stereocenters. The molecule has 0 bridgehead atoms. The van der Waals surface area contributed by atoms with Gasteiger partial charge < -0.3 is 4.90 Å². The molecule has 1 saturated heterocycles. The molecule has 2 aliphatic rings. The minimum Gasteiger partial charge on any atom is -0.310 e. The lowest BCUT2D eigenvalue weighted by Crippen LogP contribution is -2.51. The highest BCUT2D eigenvalue weighted by molar-refractivity contribution is 6.07. The number of nitrogens with one attached hydrogen (secondary N) is 1. The zero-order valence-corrected chi connectivity index (χ0v) is 13.5. The fraction of sp³-hybridized carbons (Fsp3) is 0.882. The minimum atomic E-state index is -0.502. The zero-order chi connectivity index (χ0) is 15.1. The molecule has 1 saturated carbocycles. The molecule has 1 N–H and O–H groups in total. The Bertz CT molecular complexity index is 362. The van der Waals surface area contributed by atoms with Crippen molar-refractivity contribution in [3.05, 3.63) is 0 Å². The van der Waals surface area contributed by atoms with Gasteiger partial charge in [-0.3, -0.25) is 10.1 Å². The fourth-order valence-electron chi connectivity index (χ4n) is 3.77. The third-order valence-corrected chi connectivity index (χ3v) is 5.07. The van der Waals surface area contributed by atoms with E-state index in [9.17, 15) is 9.59 Å². The molecular weight excluding hydrogens is 264 g/mol. The van der Waals surface area contributed by atoms with E-state index in [1.165, 1.54) is 38.5 Å². The summed E-state index contributed by atoms with van der Waals surface area (Å²) in [5.74, 6) is -0.0462. The Morgan fingerprint density at radius 2 is 1.57 bits per heavy atom. The van der Waals surface area contributed by atoms with E-state index in [0.29, 0.717) is 0 Å². The molecule has 2 rings (SSSR count). The van der Waals surface area contributed by atoms with Crippen LogP contribution in [0.4, 0.5) is 4.79 Å². The van der Waals surface area contributed by atoms with E-state index in [4.69, 9.17) is 0 Å². The Morgan fingerprint density at radius 1 is 0.952 bits per heavy atom. The monoisotopic (exact) mass is 294 g/mol. The van der Waals surface area contributed by atoms with Gasteiger partial charge in [-0.2, -0.15) is 0 Å². The molecule has 0 radical (unpaired) electrons. The summed E-state index contributed by atoms with van der Waals surface area (Å²) < 4.78 is 0. The summed E-state index contributed by atoms with van der Waals surface area (Å²) in [7, 11) is 0. The molecule has 4 heteroatoms. The van der Waals surface area contributed by atoms with Crippen LogP contribution < -0.4 is 5.32 Å². The Kier molecular flexibility index (Phi) is 6.07. The lowest BCUT2D eigenvalue weighted by molar-refractivity contribution is -0.128. The Labute approximate surface area is 128 Å². The number of amides is 3. The molecule has 0 unspecified atom stereocenters. The smallest absolute Gasteiger partial charge is 0.310 e. The van der Waals surface area contributed by atoms with Crippen molar-refractivity contribution < 1.29 is 9.59 Å². The number of imide groups is 1. The van der Waals surface area contributed by atoms with Crippen molar-refractivity contribution in [3.63, 3.8) is 0 Å². The van der Waals surface area contributed by atoms with Crippen LogP contribution in [0.5, 0.6) is 0 Å². The van der Waals surface area contributed by atoms with Crippen LogP contribution in [0.3, 0.4) is 0 Å². The summed E-state index contributed by atoms with van der Waals surface area (Å²) in [5, 5.41) is 2.54. The number of hydrogen-bond acceptors (Lipinski definition) is 2. The summed E-state index contributed by atoms with van der Waals surface area (Å²) in [6.45, 7) is 2.97. The molecule has 1 spiro atoms. The minimum absolute atomic E-state index is 0.0462. The molecule has 0 aromatic rings.